The van der Waals surface area contributed by atoms with Crippen molar-refractivity contribution in [3.8, 4) is 0 Å². The Hall–Kier alpha value is -1.40. The SMILES string of the molecule is C=NC(=Nc1c(C)cc(C)nc1NCC1(C)CCOC1)SC. The summed E-state index contributed by atoms with van der Waals surface area (Å²) < 4.78 is 5.51. The first-order chi connectivity index (χ1) is 10.5. The van der Waals surface area contributed by atoms with Crippen LogP contribution in [0.3, 0.4) is 0 Å². The van der Waals surface area contributed by atoms with Crippen molar-refractivity contribution >= 4 is 35.2 Å². The fraction of sp³-hybridized carbons (Fsp3) is 0.562. The second-order valence-corrected chi connectivity index (χ2v) is 6.77. The number of anilines is 1. The van der Waals surface area contributed by atoms with Crippen molar-refractivity contribution in [3.05, 3.63) is 17.3 Å². The lowest BCUT2D eigenvalue weighted by atomic mass is 9.90. The zero-order valence-corrected chi connectivity index (χ0v) is 14.6. The Morgan fingerprint density at radius 3 is 2.91 bits per heavy atom. The van der Waals surface area contributed by atoms with E-state index in [0.29, 0.717) is 5.17 Å². The highest BCUT2D eigenvalue weighted by Gasteiger charge is 2.29. The predicted molar refractivity (Wildman–Crippen MR) is 95.9 cm³/mol. The van der Waals surface area contributed by atoms with Gasteiger partial charge >= 0.3 is 0 Å². The number of nitrogens with one attached hydrogen (secondary N) is 1. The summed E-state index contributed by atoms with van der Waals surface area (Å²) in [6.07, 6.45) is 3.00. The Balaban J connectivity index is 2.28. The lowest BCUT2D eigenvalue weighted by Gasteiger charge is -2.23. The molecule has 1 unspecified atom stereocenters. The minimum Gasteiger partial charge on any atom is -0.381 e. The van der Waals surface area contributed by atoms with E-state index < -0.39 is 0 Å². The van der Waals surface area contributed by atoms with Gasteiger partial charge < -0.3 is 10.1 Å². The third-order valence-electron chi connectivity index (χ3n) is 3.82. The van der Waals surface area contributed by atoms with Crippen LogP contribution < -0.4 is 5.32 Å². The number of aromatic nitrogens is 1. The average molecular weight is 320 g/mol. The highest BCUT2D eigenvalue weighted by molar-refractivity contribution is 8.13. The van der Waals surface area contributed by atoms with Gasteiger partial charge in [0.15, 0.2) is 11.0 Å². The first kappa shape index (κ1) is 17.0. The van der Waals surface area contributed by atoms with E-state index in [1.807, 2.05) is 26.2 Å². The van der Waals surface area contributed by atoms with Crippen LogP contribution in [0.2, 0.25) is 0 Å². The van der Waals surface area contributed by atoms with E-state index in [4.69, 9.17) is 4.74 Å². The van der Waals surface area contributed by atoms with Crippen LogP contribution in [0, 0.1) is 19.3 Å². The smallest absolute Gasteiger partial charge is 0.187 e. The minimum absolute atomic E-state index is 0.152. The number of hydrogen-bond acceptors (Lipinski definition) is 5. The number of aliphatic imine (C=N–C) groups is 2. The number of ether oxygens (including phenoxy) is 1. The van der Waals surface area contributed by atoms with E-state index in [1.165, 1.54) is 11.8 Å². The molecule has 1 atom stereocenters. The fourth-order valence-corrected chi connectivity index (χ4v) is 2.79. The molecule has 1 aromatic rings. The molecule has 2 rings (SSSR count). The number of nitrogens with zero attached hydrogens (tertiary/aromatic N) is 3. The summed E-state index contributed by atoms with van der Waals surface area (Å²) in [6, 6.07) is 2.03. The molecule has 1 aromatic heterocycles. The molecule has 5 nitrogen and oxygen atoms in total. The van der Waals surface area contributed by atoms with Crippen LogP contribution in [0.15, 0.2) is 16.1 Å². The first-order valence-corrected chi connectivity index (χ1v) is 8.59. The lowest BCUT2D eigenvalue weighted by Crippen LogP contribution is -2.27. The molecule has 22 heavy (non-hydrogen) atoms. The Kier molecular flexibility index (Phi) is 5.58. The summed E-state index contributed by atoms with van der Waals surface area (Å²) in [5, 5.41) is 4.11. The molecule has 0 radical (unpaired) electrons. The van der Waals surface area contributed by atoms with Crippen molar-refractivity contribution in [3.63, 3.8) is 0 Å². The normalized spacial score (nSPS) is 21.9. The van der Waals surface area contributed by atoms with Gasteiger partial charge in [0, 0.05) is 24.3 Å². The number of amidine groups is 1. The lowest BCUT2D eigenvalue weighted by molar-refractivity contribution is 0.164. The zero-order chi connectivity index (χ0) is 16.2. The molecule has 1 N–H and O–H groups in total. The highest BCUT2D eigenvalue weighted by Crippen LogP contribution is 2.32. The van der Waals surface area contributed by atoms with Gasteiger partial charge in [-0.05, 0) is 44.9 Å². The Morgan fingerprint density at radius 1 is 1.55 bits per heavy atom. The van der Waals surface area contributed by atoms with Gasteiger partial charge in [-0.2, -0.15) is 0 Å². The summed E-state index contributed by atoms with van der Waals surface area (Å²) in [5.41, 5.74) is 3.05. The summed E-state index contributed by atoms with van der Waals surface area (Å²) in [6.45, 7) is 12.3. The monoisotopic (exact) mass is 320 g/mol. The number of rotatable bonds is 4. The van der Waals surface area contributed by atoms with Crippen molar-refractivity contribution in [1.29, 1.82) is 0 Å². The van der Waals surface area contributed by atoms with Crippen LogP contribution in [0.1, 0.15) is 24.6 Å². The molecule has 0 spiro atoms. The van der Waals surface area contributed by atoms with Crippen LogP contribution in [-0.2, 0) is 4.74 Å². The Labute approximate surface area is 136 Å². The number of hydrogen-bond donors (Lipinski definition) is 1. The molecule has 1 aliphatic rings. The van der Waals surface area contributed by atoms with Crippen LogP contribution in [0.25, 0.3) is 0 Å². The van der Waals surface area contributed by atoms with Crippen molar-refractivity contribution in [2.75, 3.05) is 31.3 Å². The van der Waals surface area contributed by atoms with E-state index in [1.54, 1.807) is 0 Å². The molecular formula is C16H24N4OS. The second-order valence-electron chi connectivity index (χ2n) is 6.00. The molecule has 1 fully saturated rings. The molecule has 0 amide bonds. The van der Waals surface area contributed by atoms with Gasteiger partial charge in [-0.25, -0.2) is 15.0 Å². The summed E-state index contributed by atoms with van der Waals surface area (Å²) >= 11 is 1.47. The van der Waals surface area contributed by atoms with Gasteiger partial charge in [-0.15, -0.1) is 0 Å². The van der Waals surface area contributed by atoms with E-state index in [2.05, 4.69) is 33.9 Å². The Morgan fingerprint density at radius 2 is 2.32 bits per heavy atom. The summed E-state index contributed by atoms with van der Waals surface area (Å²) in [7, 11) is 0. The number of pyridine rings is 1. The van der Waals surface area contributed by atoms with Gasteiger partial charge in [-0.3, -0.25) is 0 Å². The molecule has 2 heterocycles. The molecular weight excluding hydrogens is 296 g/mol. The van der Waals surface area contributed by atoms with Gasteiger partial charge in [0.25, 0.3) is 0 Å². The van der Waals surface area contributed by atoms with E-state index >= 15 is 0 Å². The molecule has 0 aromatic carbocycles. The molecule has 0 saturated carbocycles. The van der Waals surface area contributed by atoms with Crippen LogP contribution in [-0.4, -0.2) is 42.9 Å². The summed E-state index contributed by atoms with van der Waals surface area (Å²) in [5.74, 6) is 0.806. The van der Waals surface area contributed by atoms with Crippen molar-refractivity contribution in [1.82, 2.24) is 4.98 Å². The molecule has 1 aliphatic heterocycles. The standard InChI is InChI=1S/C16H24N4OS/c1-11-8-12(2)19-14(13(11)20-15(17-4)22-5)18-9-16(3)6-7-21-10-16/h8H,4,6-7,9-10H2,1-3,5H3,(H,18,19). The fourth-order valence-electron chi connectivity index (χ4n) is 2.48. The maximum atomic E-state index is 5.51. The first-order valence-electron chi connectivity index (χ1n) is 7.37. The number of thioether (sulfide) groups is 1. The topological polar surface area (TPSA) is 58.9 Å². The highest BCUT2D eigenvalue weighted by atomic mass is 32.2. The third-order valence-corrected chi connectivity index (χ3v) is 4.41. The van der Waals surface area contributed by atoms with Crippen molar-refractivity contribution in [2.45, 2.75) is 27.2 Å². The van der Waals surface area contributed by atoms with E-state index in [9.17, 15) is 0 Å². The molecule has 120 valence electrons. The molecule has 0 aliphatic carbocycles. The molecule has 6 heteroatoms. The summed E-state index contributed by atoms with van der Waals surface area (Å²) in [4.78, 5) is 13.2. The second kappa shape index (κ2) is 7.24. The minimum atomic E-state index is 0.152. The molecule has 0 bridgehead atoms. The number of aryl methyl sites for hydroxylation is 2. The molecule has 1 saturated heterocycles. The van der Waals surface area contributed by atoms with E-state index in [-0.39, 0.29) is 5.41 Å². The van der Waals surface area contributed by atoms with Crippen molar-refractivity contribution in [2.24, 2.45) is 15.4 Å². The van der Waals surface area contributed by atoms with Gasteiger partial charge in [0.1, 0.15) is 5.69 Å². The van der Waals surface area contributed by atoms with Gasteiger partial charge in [0.05, 0.1) is 6.61 Å². The predicted octanol–water partition coefficient (Wildman–Crippen LogP) is 3.59. The van der Waals surface area contributed by atoms with Crippen LogP contribution in [0.5, 0.6) is 0 Å². The van der Waals surface area contributed by atoms with Gasteiger partial charge in [-0.1, -0.05) is 18.7 Å². The Bertz CT molecular complexity index is 580. The largest absolute Gasteiger partial charge is 0.381 e. The zero-order valence-electron chi connectivity index (χ0n) is 13.8. The van der Waals surface area contributed by atoms with E-state index in [0.717, 1.165) is 48.9 Å². The van der Waals surface area contributed by atoms with Gasteiger partial charge in [0.2, 0.25) is 0 Å². The van der Waals surface area contributed by atoms with Crippen LogP contribution in [0.4, 0.5) is 11.5 Å². The maximum absolute atomic E-state index is 5.51. The average Bonchev–Trinajstić information content (AvgIpc) is 2.91. The van der Waals surface area contributed by atoms with Crippen molar-refractivity contribution < 1.29 is 4.74 Å². The van der Waals surface area contributed by atoms with Crippen LogP contribution >= 0.6 is 11.8 Å². The maximum Gasteiger partial charge on any atom is 0.187 e. The quantitative estimate of drug-likeness (QED) is 0.680. The third kappa shape index (κ3) is 4.08.